The zero-order chi connectivity index (χ0) is 23.5. The first-order chi connectivity index (χ1) is 16.6. The summed E-state index contributed by atoms with van der Waals surface area (Å²) in [6.07, 6.45) is 0.236. The number of benzene rings is 3. The van der Waals surface area contributed by atoms with Crippen LogP contribution in [-0.2, 0) is 4.74 Å². The Balaban J connectivity index is 1.50. The summed E-state index contributed by atoms with van der Waals surface area (Å²) in [7, 11) is 4.21. The van der Waals surface area contributed by atoms with Crippen LogP contribution in [0.2, 0.25) is 0 Å². The van der Waals surface area contributed by atoms with E-state index in [0.29, 0.717) is 0 Å². The van der Waals surface area contributed by atoms with Crippen LogP contribution in [0.4, 0.5) is 0 Å². The second-order valence-corrected chi connectivity index (χ2v) is 9.93. The van der Waals surface area contributed by atoms with Crippen molar-refractivity contribution < 1.29 is 9.53 Å². The van der Waals surface area contributed by atoms with E-state index in [0.717, 1.165) is 31.7 Å². The zero-order valence-corrected chi connectivity index (χ0v) is 20.1. The molecule has 2 aliphatic rings. The predicted molar refractivity (Wildman–Crippen MR) is 136 cm³/mol. The summed E-state index contributed by atoms with van der Waals surface area (Å²) in [4.78, 5) is 18.6. The van der Waals surface area contributed by atoms with Crippen LogP contribution in [0.25, 0.3) is 0 Å². The molecule has 2 fully saturated rings. The normalized spacial score (nSPS) is 27.0. The van der Waals surface area contributed by atoms with Crippen molar-refractivity contribution in [3.05, 3.63) is 108 Å². The van der Waals surface area contributed by atoms with Gasteiger partial charge >= 0.3 is 0 Å². The molecule has 0 amide bonds. The lowest BCUT2D eigenvalue weighted by molar-refractivity contribution is 0.0576. The van der Waals surface area contributed by atoms with E-state index >= 15 is 0 Å². The Labute approximate surface area is 203 Å². The van der Waals surface area contributed by atoms with E-state index in [4.69, 9.17) is 4.74 Å². The molecule has 4 heteroatoms. The number of hydrogen-bond donors (Lipinski definition) is 0. The third-order valence-corrected chi connectivity index (χ3v) is 7.34. The fraction of sp³-hybridized carbons (Fsp3) is 0.367. The molecular weight excluding hydrogens is 420 g/mol. The average Bonchev–Trinajstić information content (AvgIpc) is 3.69. The van der Waals surface area contributed by atoms with E-state index in [9.17, 15) is 4.79 Å². The molecular formula is C30H34N2O2. The second kappa shape index (κ2) is 10.2. The van der Waals surface area contributed by atoms with Gasteiger partial charge in [-0.2, -0.15) is 0 Å². The van der Waals surface area contributed by atoms with E-state index in [1.807, 2.05) is 36.4 Å². The van der Waals surface area contributed by atoms with E-state index in [1.165, 1.54) is 11.1 Å². The number of hydrogen-bond acceptors (Lipinski definition) is 4. The largest absolute Gasteiger partial charge is 0.364 e. The first kappa shape index (κ1) is 23.0. The Morgan fingerprint density at radius 3 is 2.06 bits per heavy atom. The molecule has 0 N–H and O–H groups in total. The number of likely N-dealkylation sites (N-methyl/N-ethyl adjacent to an activating group) is 1. The van der Waals surface area contributed by atoms with Crippen molar-refractivity contribution in [3.8, 4) is 0 Å². The highest BCUT2D eigenvalue weighted by Crippen LogP contribution is 2.51. The maximum atomic E-state index is 13.9. The lowest BCUT2D eigenvalue weighted by Crippen LogP contribution is -2.51. The van der Waals surface area contributed by atoms with Gasteiger partial charge in [0, 0.05) is 49.5 Å². The molecule has 0 radical (unpaired) electrons. The monoisotopic (exact) mass is 454 g/mol. The highest BCUT2D eigenvalue weighted by atomic mass is 16.6. The van der Waals surface area contributed by atoms with Gasteiger partial charge in [0.1, 0.15) is 6.10 Å². The van der Waals surface area contributed by atoms with Gasteiger partial charge in [-0.1, -0.05) is 91.0 Å². The van der Waals surface area contributed by atoms with Gasteiger partial charge in [0.05, 0.1) is 6.10 Å². The molecule has 176 valence electrons. The Kier molecular flexibility index (Phi) is 6.91. The summed E-state index contributed by atoms with van der Waals surface area (Å²) in [6.45, 7) is 3.65. The van der Waals surface area contributed by atoms with Crippen LogP contribution in [0.3, 0.4) is 0 Å². The van der Waals surface area contributed by atoms with Gasteiger partial charge in [-0.3, -0.25) is 4.79 Å². The fourth-order valence-electron chi connectivity index (χ4n) is 5.59. The Bertz CT molecular complexity index is 1070. The van der Waals surface area contributed by atoms with Crippen molar-refractivity contribution in [1.82, 2.24) is 9.80 Å². The SMILES string of the molecule is CN(C)CCN1C[C@H](C(=O)c2ccccc2)[C@H](c2ccccc2)[C@@H](C2OC2c2ccccc2)C1. The molecule has 0 aromatic heterocycles. The van der Waals surface area contributed by atoms with Crippen molar-refractivity contribution in [2.45, 2.75) is 18.1 Å². The lowest BCUT2D eigenvalue weighted by Gasteiger charge is -2.43. The highest BCUT2D eigenvalue weighted by molar-refractivity contribution is 5.98. The van der Waals surface area contributed by atoms with Gasteiger partial charge in [-0.15, -0.1) is 0 Å². The minimum Gasteiger partial charge on any atom is -0.364 e. The van der Waals surface area contributed by atoms with Crippen molar-refractivity contribution in [2.75, 3.05) is 40.3 Å². The van der Waals surface area contributed by atoms with Gasteiger partial charge in [-0.25, -0.2) is 0 Å². The number of ether oxygens (including phenoxy) is 1. The minimum atomic E-state index is -0.105. The fourth-order valence-corrected chi connectivity index (χ4v) is 5.59. The summed E-state index contributed by atoms with van der Waals surface area (Å²) in [5.74, 6) is 0.515. The topological polar surface area (TPSA) is 36.1 Å². The number of ketones is 1. The molecule has 3 aromatic rings. The van der Waals surface area contributed by atoms with Crippen LogP contribution >= 0.6 is 0 Å². The van der Waals surface area contributed by atoms with Gasteiger partial charge in [0.25, 0.3) is 0 Å². The van der Waals surface area contributed by atoms with Crippen LogP contribution in [0.1, 0.15) is 33.5 Å². The van der Waals surface area contributed by atoms with Gasteiger partial charge in [0.15, 0.2) is 5.78 Å². The number of carbonyl (C=O) groups is 1. The molecule has 4 nitrogen and oxygen atoms in total. The van der Waals surface area contributed by atoms with E-state index in [2.05, 4.69) is 78.5 Å². The van der Waals surface area contributed by atoms with Crippen LogP contribution in [0, 0.1) is 11.8 Å². The summed E-state index contributed by atoms with van der Waals surface area (Å²) in [6, 6.07) is 31.0. The van der Waals surface area contributed by atoms with Crippen molar-refractivity contribution in [2.24, 2.45) is 11.8 Å². The maximum absolute atomic E-state index is 13.9. The molecule has 34 heavy (non-hydrogen) atoms. The van der Waals surface area contributed by atoms with Gasteiger partial charge < -0.3 is 14.5 Å². The maximum Gasteiger partial charge on any atom is 0.167 e. The first-order valence-electron chi connectivity index (χ1n) is 12.3. The van der Waals surface area contributed by atoms with Crippen LogP contribution in [0.15, 0.2) is 91.0 Å². The zero-order valence-electron chi connectivity index (χ0n) is 20.1. The predicted octanol–water partition coefficient (Wildman–Crippen LogP) is 4.90. The van der Waals surface area contributed by atoms with Crippen molar-refractivity contribution >= 4 is 5.78 Å². The molecule has 5 rings (SSSR count). The molecule has 5 atom stereocenters. The van der Waals surface area contributed by atoms with Gasteiger partial charge in [0.2, 0.25) is 0 Å². The van der Waals surface area contributed by atoms with Gasteiger partial charge in [-0.05, 0) is 25.2 Å². The third-order valence-electron chi connectivity index (χ3n) is 7.34. The molecule has 2 aliphatic heterocycles. The number of piperidine rings is 1. The van der Waals surface area contributed by atoms with Crippen molar-refractivity contribution in [1.29, 1.82) is 0 Å². The number of epoxide rings is 1. The molecule has 2 unspecified atom stereocenters. The highest BCUT2D eigenvalue weighted by Gasteiger charge is 2.53. The number of Topliss-reactive ketones (excluding diaryl/α,β-unsaturated/α-hetero) is 1. The summed E-state index contributed by atoms with van der Waals surface area (Å²) < 4.78 is 6.35. The molecule has 2 saturated heterocycles. The standard InChI is InChI=1S/C30H34N2O2/c1-31(2)18-19-32-20-25(28(33)23-14-8-4-9-15-23)27(22-12-6-3-7-13-22)26(21-32)30-29(34-30)24-16-10-5-11-17-24/h3-17,25-27,29-30H,18-21H2,1-2H3/t25-,26-,27-,29?,30?/m0/s1. The number of carbonyl (C=O) groups excluding carboxylic acids is 1. The Morgan fingerprint density at radius 2 is 1.44 bits per heavy atom. The molecule has 0 aliphatic carbocycles. The quantitative estimate of drug-likeness (QED) is 0.358. The molecule has 0 spiro atoms. The molecule has 0 bridgehead atoms. The van der Waals surface area contributed by atoms with Crippen LogP contribution < -0.4 is 0 Å². The first-order valence-corrected chi connectivity index (χ1v) is 12.3. The lowest BCUT2D eigenvalue weighted by atomic mass is 9.69. The number of rotatable bonds is 8. The summed E-state index contributed by atoms with van der Waals surface area (Å²) >= 11 is 0. The molecule has 3 aromatic carbocycles. The molecule has 0 saturated carbocycles. The number of likely N-dealkylation sites (tertiary alicyclic amines) is 1. The average molecular weight is 455 g/mol. The Morgan fingerprint density at radius 1 is 0.853 bits per heavy atom. The Hall–Kier alpha value is -2.79. The van der Waals surface area contributed by atoms with Crippen LogP contribution in [-0.4, -0.2) is 62.0 Å². The smallest absolute Gasteiger partial charge is 0.167 e. The van der Waals surface area contributed by atoms with E-state index in [1.54, 1.807) is 0 Å². The van der Waals surface area contributed by atoms with E-state index in [-0.39, 0.29) is 35.7 Å². The number of nitrogens with zero attached hydrogens (tertiary/aromatic N) is 2. The molecule has 2 heterocycles. The third kappa shape index (κ3) is 5.00. The minimum absolute atomic E-state index is 0.105. The second-order valence-electron chi connectivity index (χ2n) is 9.93. The van der Waals surface area contributed by atoms with Crippen LogP contribution in [0.5, 0.6) is 0 Å². The van der Waals surface area contributed by atoms with Crippen molar-refractivity contribution in [3.63, 3.8) is 0 Å². The summed E-state index contributed by atoms with van der Waals surface area (Å²) in [5.41, 5.74) is 3.28. The summed E-state index contributed by atoms with van der Waals surface area (Å²) in [5, 5.41) is 0. The van der Waals surface area contributed by atoms with E-state index < -0.39 is 0 Å².